The molecule has 0 N–H and O–H groups in total. The fourth-order valence-electron chi connectivity index (χ4n) is 2.54. The number of hydrogen-bond donors (Lipinski definition) is 0. The Morgan fingerprint density at radius 3 is 3.06 bits per heavy atom. The highest BCUT2D eigenvalue weighted by Crippen LogP contribution is 2.27. The number of carbonyl (C=O) groups excluding carboxylic acids is 1. The maximum atomic E-state index is 11.6. The Morgan fingerprint density at radius 1 is 1.61 bits per heavy atom. The molecule has 2 rings (SSSR count). The van der Waals surface area contributed by atoms with E-state index in [1.54, 1.807) is 6.07 Å². The van der Waals surface area contributed by atoms with Gasteiger partial charge >= 0.3 is 0 Å². The number of carbonyl (C=O) groups is 1. The average Bonchev–Trinajstić information content (AvgIpc) is 2.56. The lowest BCUT2D eigenvalue weighted by atomic mass is 9.91. The van der Waals surface area contributed by atoms with Crippen molar-refractivity contribution in [2.24, 2.45) is 5.92 Å². The number of aromatic nitrogens is 1. The van der Waals surface area contributed by atoms with Crippen LogP contribution in [0.1, 0.15) is 30.7 Å². The second-order valence-corrected chi connectivity index (χ2v) is 4.66. The number of nitrogens with zero attached hydrogens (tertiary/aromatic N) is 2. The number of Topliss-reactive ketones (excluding diaryl/α,β-unsaturated/α-hetero) is 1. The standard InChI is InChI=1S/C15H16N2O/c1-3-14-13-8-10(2)12(15(18)9-16)5-4-11(13)6-7-17-14/h5-7,10H,3-4,8H2,1-2H3. The molecule has 1 atom stereocenters. The summed E-state index contributed by atoms with van der Waals surface area (Å²) in [7, 11) is 0. The van der Waals surface area contributed by atoms with Crippen molar-refractivity contribution in [1.82, 2.24) is 4.98 Å². The zero-order valence-corrected chi connectivity index (χ0v) is 10.7. The van der Waals surface area contributed by atoms with Crippen molar-refractivity contribution in [2.45, 2.75) is 33.1 Å². The zero-order chi connectivity index (χ0) is 13.1. The van der Waals surface area contributed by atoms with Gasteiger partial charge in [-0.05, 0) is 42.4 Å². The number of ketones is 1. The lowest BCUT2D eigenvalue weighted by Crippen LogP contribution is -2.11. The molecule has 3 nitrogen and oxygen atoms in total. The fraction of sp³-hybridized carbons (Fsp3) is 0.400. The molecule has 1 aliphatic carbocycles. The summed E-state index contributed by atoms with van der Waals surface area (Å²) in [6.07, 6.45) is 6.15. The largest absolute Gasteiger partial charge is 0.277 e. The predicted molar refractivity (Wildman–Crippen MR) is 68.9 cm³/mol. The van der Waals surface area contributed by atoms with Crippen LogP contribution in [0.15, 0.2) is 23.9 Å². The summed E-state index contributed by atoms with van der Waals surface area (Å²) in [5.74, 6) is -0.311. The Labute approximate surface area is 107 Å². The van der Waals surface area contributed by atoms with Gasteiger partial charge in [0, 0.05) is 17.5 Å². The van der Waals surface area contributed by atoms with E-state index in [4.69, 9.17) is 5.26 Å². The highest BCUT2D eigenvalue weighted by molar-refractivity contribution is 6.07. The van der Waals surface area contributed by atoms with E-state index in [0.717, 1.165) is 25.0 Å². The van der Waals surface area contributed by atoms with Crippen LogP contribution in [0.5, 0.6) is 0 Å². The molecule has 1 aliphatic rings. The molecule has 1 unspecified atom stereocenters. The van der Waals surface area contributed by atoms with E-state index >= 15 is 0 Å². The van der Waals surface area contributed by atoms with Crippen molar-refractivity contribution in [2.75, 3.05) is 0 Å². The van der Waals surface area contributed by atoms with Crippen LogP contribution in [0.2, 0.25) is 0 Å². The van der Waals surface area contributed by atoms with Crippen molar-refractivity contribution in [1.29, 1.82) is 5.26 Å². The van der Waals surface area contributed by atoms with Crippen LogP contribution in [0.4, 0.5) is 0 Å². The molecule has 0 fully saturated rings. The molecule has 3 heteroatoms. The van der Waals surface area contributed by atoms with E-state index in [9.17, 15) is 4.79 Å². The molecule has 0 saturated heterocycles. The van der Waals surface area contributed by atoms with Crippen molar-refractivity contribution in [3.8, 4) is 6.07 Å². The monoisotopic (exact) mass is 240 g/mol. The van der Waals surface area contributed by atoms with Crippen LogP contribution in [0.3, 0.4) is 0 Å². The molecule has 0 aliphatic heterocycles. The maximum Gasteiger partial charge on any atom is 0.258 e. The molecule has 1 heterocycles. The molecule has 1 aromatic rings. The summed E-state index contributed by atoms with van der Waals surface area (Å²) >= 11 is 0. The molecule has 0 amide bonds. The minimum Gasteiger partial charge on any atom is -0.277 e. The van der Waals surface area contributed by atoms with Crippen LogP contribution >= 0.6 is 0 Å². The Balaban J connectivity index is 2.41. The van der Waals surface area contributed by atoms with Crippen LogP contribution in [-0.4, -0.2) is 10.8 Å². The first kappa shape index (κ1) is 12.5. The van der Waals surface area contributed by atoms with E-state index in [0.29, 0.717) is 5.57 Å². The van der Waals surface area contributed by atoms with Gasteiger partial charge < -0.3 is 0 Å². The topological polar surface area (TPSA) is 53.8 Å². The highest BCUT2D eigenvalue weighted by atomic mass is 16.1. The summed E-state index contributed by atoms with van der Waals surface area (Å²) in [6.45, 7) is 4.09. The minimum atomic E-state index is -0.402. The smallest absolute Gasteiger partial charge is 0.258 e. The number of fused-ring (bicyclic) bond motifs is 1. The molecule has 0 spiro atoms. The van der Waals surface area contributed by atoms with Gasteiger partial charge in [-0.3, -0.25) is 9.78 Å². The first-order valence-corrected chi connectivity index (χ1v) is 6.27. The third-order valence-electron chi connectivity index (χ3n) is 3.52. The van der Waals surface area contributed by atoms with Gasteiger partial charge in [0.25, 0.3) is 5.78 Å². The second kappa shape index (κ2) is 5.14. The highest BCUT2D eigenvalue weighted by Gasteiger charge is 2.22. The number of allylic oxidation sites excluding steroid dienone is 2. The number of aryl methyl sites for hydroxylation is 1. The first-order chi connectivity index (χ1) is 8.67. The van der Waals surface area contributed by atoms with E-state index in [1.807, 2.05) is 25.3 Å². The normalized spacial score (nSPS) is 18.3. The molecular formula is C15H16N2O. The van der Waals surface area contributed by atoms with Crippen LogP contribution < -0.4 is 0 Å². The minimum absolute atomic E-state index is 0.0906. The summed E-state index contributed by atoms with van der Waals surface area (Å²) in [4.78, 5) is 16.0. The Kier molecular flexibility index (Phi) is 3.57. The predicted octanol–water partition coefficient (Wildman–Crippen LogP) is 2.40. The van der Waals surface area contributed by atoms with E-state index in [-0.39, 0.29) is 5.92 Å². The SMILES string of the molecule is CCc1nccc2c1CC(C)C(C(=O)C#N)=CC2. The lowest BCUT2D eigenvalue weighted by Gasteiger charge is -2.13. The van der Waals surface area contributed by atoms with Crippen molar-refractivity contribution >= 4 is 5.78 Å². The molecule has 92 valence electrons. The molecule has 0 bridgehead atoms. The molecule has 18 heavy (non-hydrogen) atoms. The summed E-state index contributed by atoms with van der Waals surface area (Å²) in [5, 5.41) is 8.76. The average molecular weight is 240 g/mol. The van der Waals surface area contributed by atoms with Crippen LogP contribution in [0.25, 0.3) is 0 Å². The van der Waals surface area contributed by atoms with Gasteiger partial charge in [-0.15, -0.1) is 0 Å². The van der Waals surface area contributed by atoms with E-state index in [1.165, 1.54) is 11.1 Å². The summed E-state index contributed by atoms with van der Waals surface area (Å²) in [6, 6.07) is 3.74. The fourth-order valence-corrected chi connectivity index (χ4v) is 2.54. The second-order valence-electron chi connectivity index (χ2n) is 4.66. The van der Waals surface area contributed by atoms with Gasteiger partial charge in [0.2, 0.25) is 0 Å². The third kappa shape index (κ3) is 2.19. The lowest BCUT2D eigenvalue weighted by molar-refractivity contribution is -0.111. The van der Waals surface area contributed by atoms with Gasteiger partial charge in [0.15, 0.2) is 0 Å². The van der Waals surface area contributed by atoms with Gasteiger partial charge in [0.1, 0.15) is 6.07 Å². The quantitative estimate of drug-likeness (QED) is 0.746. The van der Waals surface area contributed by atoms with Crippen molar-refractivity contribution < 1.29 is 4.79 Å². The number of nitriles is 1. The molecule has 0 radical (unpaired) electrons. The van der Waals surface area contributed by atoms with Gasteiger partial charge in [-0.2, -0.15) is 5.26 Å². The molecule has 1 aromatic heterocycles. The zero-order valence-electron chi connectivity index (χ0n) is 10.7. The Hall–Kier alpha value is -1.95. The Morgan fingerprint density at radius 2 is 2.39 bits per heavy atom. The van der Waals surface area contributed by atoms with E-state index < -0.39 is 5.78 Å². The number of hydrogen-bond acceptors (Lipinski definition) is 3. The van der Waals surface area contributed by atoms with Crippen LogP contribution in [0, 0.1) is 17.2 Å². The summed E-state index contributed by atoms with van der Waals surface area (Å²) in [5.41, 5.74) is 4.24. The Bertz CT molecular complexity index is 552. The van der Waals surface area contributed by atoms with Crippen molar-refractivity contribution in [3.05, 3.63) is 40.7 Å². The maximum absolute atomic E-state index is 11.6. The number of rotatable bonds is 2. The summed E-state index contributed by atoms with van der Waals surface area (Å²) < 4.78 is 0. The molecular weight excluding hydrogens is 224 g/mol. The van der Waals surface area contributed by atoms with Gasteiger partial charge in [-0.1, -0.05) is 19.9 Å². The first-order valence-electron chi connectivity index (χ1n) is 6.27. The van der Waals surface area contributed by atoms with E-state index in [2.05, 4.69) is 11.9 Å². The third-order valence-corrected chi connectivity index (χ3v) is 3.52. The van der Waals surface area contributed by atoms with Gasteiger partial charge in [0.05, 0.1) is 0 Å². The number of pyridine rings is 1. The van der Waals surface area contributed by atoms with Crippen LogP contribution in [-0.2, 0) is 24.1 Å². The molecule has 0 saturated carbocycles. The van der Waals surface area contributed by atoms with Crippen molar-refractivity contribution in [3.63, 3.8) is 0 Å². The van der Waals surface area contributed by atoms with Gasteiger partial charge in [-0.25, -0.2) is 0 Å². The molecule has 0 aromatic carbocycles.